The maximum atomic E-state index is 12.3. The average Bonchev–Trinajstić information content (AvgIpc) is 2.39. The number of nitrogens with one attached hydrogen (secondary N) is 1. The van der Waals surface area contributed by atoms with Crippen molar-refractivity contribution in [1.29, 1.82) is 0 Å². The lowest BCUT2D eigenvalue weighted by molar-refractivity contribution is -0.153. The fourth-order valence-electron chi connectivity index (χ4n) is 2.76. The molecule has 0 saturated carbocycles. The molecule has 0 aromatic heterocycles. The molecule has 0 aromatic carbocycles. The van der Waals surface area contributed by atoms with Gasteiger partial charge in [-0.05, 0) is 33.7 Å². The van der Waals surface area contributed by atoms with Gasteiger partial charge in [0.1, 0.15) is 5.54 Å². The Morgan fingerprint density at radius 3 is 2.70 bits per heavy atom. The Bertz CT molecular complexity index is 311. The molecule has 3 unspecified atom stereocenters. The molecule has 5 nitrogen and oxygen atoms in total. The van der Waals surface area contributed by atoms with Crippen molar-refractivity contribution in [2.45, 2.75) is 58.7 Å². The number of morpholine rings is 1. The maximum Gasteiger partial charge on any atom is 0.327 e. The van der Waals surface area contributed by atoms with Crippen LogP contribution in [0.1, 0.15) is 41.0 Å². The highest BCUT2D eigenvalue weighted by Crippen LogP contribution is 2.19. The predicted molar refractivity (Wildman–Crippen MR) is 79.8 cm³/mol. The van der Waals surface area contributed by atoms with Crippen LogP contribution in [0.2, 0.25) is 0 Å². The number of nitrogens with zero attached hydrogens (tertiary/aromatic N) is 1. The first kappa shape index (κ1) is 17.4. The van der Waals surface area contributed by atoms with E-state index >= 15 is 0 Å². The quantitative estimate of drug-likeness (QED) is 0.717. The standard InChI is InChI=1S/C15H30N2O3/c1-6-13-10-20-12(4)9-17(13)11-15(5,16-7-2)14(18)19-8-3/h12-13,16H,6-11H2,1-5H3. The summed E-state index contributed by atoms with van der Waals surface area (Å²) in [6.07, 6.45) is 1.24. The van der Waals surface area contributed by atoms with Crippen LogP contribution in [0.25, 0.3) is 0 Å². The molecule has 20 heavy (non-hydrogen) atoms. The Morgan fingerprint density at radius 1 is 1.45 bits per heavy atom. The van der Waals surface area contributed by atoms with E-state index in [0.717, 1.165) is 26.1 Å². The molecule has 1 fully saturated rings. The summed E-state index contributed by atoms with van der Waals surface area (Å²) in [4.78, 5) is 14.6. The van der Waals surface area contributed by atoms with E-state index in [2.05, 4.69) is 24.1 Å². The summed E-state index contributed by atoms with van der Waals surface area (Å²) < 4.78 is 11.0. The van der Waals surface area contributed by atoms with E-state index in [0.29, 0.717) is 19.2 Å². The minimum absolute atomic E-state index is 0.171. The molecule has 0 amide bonds. The smallest absolute Gasteiger partial charge is 0.327 e. The van der Waals surface area contributed by atoms with Gasteiger partial charge >= 0.3 is 5.97 Å². The summed E-state index contributed by atoms with van der Waals surface area (Å²) in [6.45, 7) is 13.4. The fraction of sp³-hybridized carbons (Fsp3) is 0.933. The van der Waals surface area contributed by atoms with E-state index in [1.165, 1.54) is 0 Å². The fourth-order valence-corrected chi connectivity index (χ4v) is 2.76. The normalized spacial score (nSPS) is 27.1. The van der Waals surface area contributed by atoms with Crippen molar-refractivity contribution in [3.63, 3.8) is 0 Å². The first-order valence-electron chi connectivity index (χ1n) is 7.74. The average molecular weight is 286 g/mol. The number of ether oxygens (including phenoxy) is 2. The third kappa shape index (κ3) is 4.43. The Kier molecular flexibility index (Phi) is 6.92. The molecule has 3 atom stereocenters. The lowest BCUT2D eigenvalue weighted by atomic mass is 9.99. The van der Waals surface area contributed by atoms with Crippen LogP contribution < -0.4 is 5.32 Å². The molecule has 0 radical (unpaired) electrons. The molecule has 1 saturated heterocycles. The van der Waals surface area contributed by atoms with Crippen molar-refractivity contribution in [3.8, 4) is 0 Å². The number of carbonyl (C=O) groups is 1. The van der Waals surface area contributed by atoms with Gasteiger partial charge in [0.05, 0.1) is 19.3 Å². The van der Waals surface area contributed by atoms with Gasteiger partial charge in [-0.2, -0.15) is 0 Å². The summed E-state index contributed by atoms with van der Waals surface area (Å²) in [7, 11) is 0. The highest BCUT2D eigenvalue weighted by molar-refractivity contribution is 5.80. The third-order valence-electron chi connectivity index (χ3n) is 3.86. The topological polar surface area (TPSA) is 50.8 Å². The maximum absolute atomic E-state index is 12.3. The van der Waals surface area contributed by atoms with Crippen molar-refractivity contribution in [3.05, 3.63) is 0 Å². The van der Waals surface area contributed by atoms with E-state index in [-0.39, 0.29) is 12.1 Å². The monoisotopic (exact) mass is 286 g/mol. The number of rotatable bonds is 7. The predicted octanol–water partition coefficient (Wildman–Crippen LogP) is 1.42. The number of likely N-dealkylation sites (N-methyl/N-ethyl adjacent to an activating group) is 1. The van der Waals surface area contributed by atoms with E-state index in [1.807, 2.05) is 20.8 Å². The van der Waals surface area contributed by atoms with Gasteiger partial charge in [0.15, 0.2) is 0 Å². The van der Waals surface area contributed by atoms with Gasteiger partial charge in [0.2, 0.25) is 0 Å². The second-order valence-corrected chi connectivity index (χ2v) is 5.72. The van der Waals surface area contributed by atoms with Crippen molar-refractivity contribution >= 4 is 5.97 Å². The zero-order valence-corrected chi connectivity index (χ0v) is 13.6. The molecular formula is C15H30N2O3. The Balaban J connectivity index is 2.78. The number of hydrogen-bond acceptors (Lipinski definition) is 5. The van der Waals surface area contributed by atoms with E-state index in [4.69, 9.17) is 9.47 Å². The van der Waals surface area contributed by atoms with Gasteiger partial charge in [-0.15, -0.1) is 0 Å². The van der Waals surface area contributed by atoms with E-state index in [9.17, 15) is 4.79 Å². The van der Waals surface area contributed by atoms with Crippen molar-refractivity contribution in [2.75, 3.05) is 32.8 Å². The number of carbonyl (C=O) groups excluding carboxylic acids is 1. The van der Waals surface area contributed by atoms with Crippen LogP contribution in [-0.2, 0) is 14.3 Å². The van der Waals surface area contributed by atoms with Gasteiger partial charge in [-0.1, -0.05) is 13.8 Å². The van der Waals surface area contributed by atoms with Crippen LogP contribution in [0.3, 0.4) is 0 Å². The lowest BCUT2D eigenvalue weighted by Gasteiger charge is -2.42. The van der Waals surface area contributed by atoms with Crippen LogP contribution in [0.4, 0.5) is 0 Å². The molecule has 0 spiro atoms. The van der Waals surface area contributed by atoms with Gasteiger partial charge < -0.3 is 14.8 Å². The summed E-state index contributed by atoms with van der Waals surface area (Å²) in [5.41, 5.74) is -0.658. The van der Waals surface area contributed by atoms with Crippen LogP contribution in [0, 0.1) is 0 Å². The molecule has 118 valence electrons. The van der Waals surface area contributed by atoms with Crippen LogP contribution in [-0.4, -0.2) is 61.4 Å². The molecule has 5 heteroatoms. The Morgan fingerprint density at radius 2 is 2.15 bits per heavy atom. The minimum atomic E-state index is -0.658. The SMILES string of the molecule is CCNC(C)(CN1CC(C)OCC1CC)C(=O)OCC. The zero-order valence-electron chi connectivity index (χ0n) is 13.6. The number of hydrogen-bond donors (Lipinski definition) is 1. The van der Waals surface area contributed by atoms with Crippen LogP contribution in [0.15, 0.2) is 0 Å². The molecule has 1 N–H and O–H groups in total. The van der Waals surface area contributed by atoms with Gasteiger partial charge in [-0.25, -0.2) is 0 Å². The second kappa shape index (κ2) is 7.96. The molecular weight excluding hydrogens is 256 g/mol. The second-order valence-electron chi connectivity index (χ2n) is 5.72. The van der Waals surface area contributed by atoms with Crippen molar-refractivity contribution < 1.29 is 14.3 Å². The van der Waals surface area contributed by atoms with Crippen molar-refractivity contribution in [2.24, 2.45) is 0 Å². The van der Waals surface area contributed by atoms with Gasteiger partial charge in [0, 0.05) is 19.1 Å². The summed E-state index contributed by atoms with van der Waals surface area (Å²) >= 11 is 0. The van der Waals surface area contributed by atoms with Crippen LogP contribution >= 0.6 is 0 Å². The molecule has 1 rings (SSSR count). The van der Waals surface area contributed by atoms with Gasteiger partial charge in [-0.3, -0.25) is 9.69 Å². The molecule has 0 aliphatic carbocycles. The first-order chi connectivity index (χ1) is 9.46. The van der Waals surface area contributed by atoms with E-state index < -0.39 is 5.54 Å². The first-order valence-corrected chi connectivity index (χ1v) is 7.74. The highest BCUT2D eigenvalue weighted by Gasteiger charge is 2.39. The summed E-state index contributed by atoms with van der Waals surface area (Å²) in [5, 5.41) is 3.29. The third-order valence-corrected chi connectivity index (χ3v) is 3.86. The lowest BCUT2D eigenvalue weighted by Crippen LogP contribution is -2.61. The molecule has 0 bridgehead atoms. The Hall–Kier alpha value is -0.650. The highest BCUT2D eigenvalue weighted by atomic mass is 16.5. The molecule has 0 aromatic rings. The van der Waals surface area contributed by atoms with Gasteiger partial charge in [0.25, 0.3) is 0 Å². The Labute approximate surface area is 123 Å². The molecule has 1 aliphatic rings. The minimum Gasteiger partial charge on any atom is -0.465 e. The number of esters is 1. The molecule has 1 aliphatic heterocycles. The summed E-state index contributed by atoms with van der Waals surface area (Å²) in [6, 6.07) is 0.374. The van der Waals surface area contributed by atoms with Crippen molar-refractivity contribution in [1.82, 2.24) is 10.2 Å². The summed E-state index contributed by atoms with van der Waals surface area (Å²) in [5.74, 6) is -0.171. The largest absolute Gasteiger partial charge is 0.465 e. The van der Waals surface area contributed by atoms with Crippen LogP contribution in [0.5, 0.6) is 0 Å². The zero-order chi connectivity index (χ0) is 15.2. The van der Waals surface area contributed by atoms with E-state index in [1.54, 1.807) is 0 Å². The molecule has 1 heterocycles.